The molecule has 30 heavy (non-hydrogen) atoms. The van der Waals surface area contributed by atoms with E-state index in [1.165, 1.54) is 16.9 Å². The maximum Gasteiger partial charge on any atom is 0.230 e. The number of nitrogens with one attached hydrogen (secondary N) is 1. The average Bonchev–Trinajstić information content (AvgIpc) is 3.20. The van der Waals surface area contributed by atoms with Crippen LogP contribution in [-0.4, -0.2) is 10.9 Å². The Labute approximate surface area is 180 Å². The minimum Gasteiger partial charge on any atom is -0.457 e. The minimum atomic E-state index is -0.0607. The van der Waals surface area contributed by atoms with E-state index in [1.807, 2.05) is 86.0 Å². The van der Waals surface area contributed by atoms with Gasteiger partial charge >= 0.3 is 0 Å². The zero-order chi connectivity index (χ0) is 20.9. The number of carbonyl (C=O) groups excluding carboxylic acids is 1. The van der Waals surface area contributed by atoms with Crippen LogP contribution < -0.4 is 10.1 Å². The highest BCUT2D eigenvalue weighted by Crippen LogP contribution is 2.28. The molecule has 0 saturated heterocycles. The Morgan fingerprint density at radius 1 is 0.967 bits per heavy atom. The third-order valence-electron chi connectivity index (χ3n) is 4.73. The number of benzene rings is 3. The molecule has 0 unspecified atom stereocenters. The second-order valence-corrected chi connectivity index (χ2v) is 7.99. The lowest BCUT2D eigenvalue weighted by molar-refractivity contribution is -0.115. The third-order valence-corrected chi connectivity index (χ3v) is 5.49. The first kappa shape index (κ1) is 19.9. The quantitative estimate of drug-likeness (QED) is 0.397. The van der Waals surface area contributed by atoms with E-state index >= 15 is 0 Å². The number of hydrogen-bond acceptors (Lipinski definition) is 4. The number of aryl methyl sites for hydroxylation is 2. The SMILES string of the molecule is Cc1ccc(CC(=O)Nc2nc(-c3ccc(Oc4ccccc4)cc3)cs2)c(C)c1. The van der Waals surface area contributed by atoms with Crippen molar-refractivity contribution in [1.82, 2.24) is 4.98 Å². The second-order valence-electron chi connectivity index (χ2n) is 7.13. The monoisotopic (exact) mass is 414 g/mol. The highest BCUT2D eigenvalue weighted by Gasteiger charge is 2.10. The van der Waals surface area contributed by atoms with Crippen LogP contribution in [0, 0.1) is 13.8 Å². The van der Waals surface area contributed by atoms with Gasteiger partial charge in [0, 0.05) is 10.9 Å². The van der Waals surface area contributed by atoms with Crippen LogP contribution in [-0.2, 0) is 11.2 Å². The fraction of sp³-hybridized carbons (Fsp3) is 0.120. The molecule has 1 amide bonds. The Morgan fingerprint density at radius 2 is 1.70 bits per heavy atom. The predicted octanol–water partition coefficient (Wildman–Crippen LogP) is 6.40. The van der Waals surface area contributed by atoms with Crippen molar-refractivity contribution >= 4 is 22.4 Å². The van der Waals surface area contributed by atoms with Gasteiger partial charge in [0.25, 0.3) is 0 Å². The number of hydrogen-bond donors (Lipinski definition) is 1. The van der Waals surface area contributed by atoms with Crippen LogP contribution in [0.1, 0.15) is 16.7 Å². The summed E-state index contributed by atoms with van der Waals surface area (Å²) >= 11 is 1.42. The number of anilines is 1. The molecule has 1 heterocycles. The van der Waals surface area contributed by atoms with Gasteiger partial charge in [-0.05, 0) is 61.4 Å². The van der Waals surface area contributed by atoms with Crippen molar-refractivity contribution in [3.05, 3.63) is 94.9 Å². The molecule has 4 aromatic rings. The van der Waals surface area contributed by atoms with E-state index in [-0.39, 0.29) is 5.91 Å². The lowest BCUT2D eigenvalue weighted by Crippen LogP contribution is -2.14. The third kappa shape index (κ3) is 4.93. The van der Waals surface area contributed by atoms with Crippen LogP contribution in [0.3, 0.4) is 0 Å². The van der Waals surface area contributed by atoms with Crippen molar-refractivity contribution < 1.29 is 9.53 Å². The van der Waals surface area contributed by atoms with Crippen LogP contribution in [0.15, 0.2) is 78.2 Å². The van der Waals surface area contributed by atoms with Gasteiger partial charge in [0.15, 0.2) is 5.13 Å². The molecule has 4 nitrogen and oxygen atoms in total. The molecule has 5 heteroatoms. The molecule has 0 aliphatic rings. The molecule has 0 saturated carbocycles. The van der Waals surface area contributed by atoms with Gasteiger partial charge < -0.3 is 10.1 Å². The summed E-state index contributed by atoms with van der Waals surface area (Å²) in [4.78, 5) is 17.0. The van der Waals surface area contributed by atoms with Gasteiger partial charge in [0.1, 0.15) is 11.5 Å². The first-order valence-corrected chi connectivity index (χ1v) is 10.6. The number of carbonyl (C=O) groups is 1. The molecule has 0 bridgehead atoms. The van der Waals surface area contributed by atoms with Gasteiger partial charge in [-0.25, -0.2) is 4.98 Å². The average molecular weight is 415 g/mol. The molecule has 150 valence electrons. The van der Waals surface area contributed by atoms with Gasteiger partial charge in [0.2, 0.25) is 5.91 Å². The van der Waals surface area contributed by atoms with Crippen molar-refractivity contribution in [3.8, 4) is 22.8 Å². The Morgan fingerprint density at radius 3 is 2.43 bits per heavy atom. The summed E-state index contributed by atoms with van der Waals surface area (Å²) in [6.07, 6.45) is 0.340. The van der Waals surface area contributed by atoms with Crippen molar-refractivity contribution in [2.45, 2.75) is 20.3 Å². The van der Waals surface area contributed by atoms with Gasteiger partial charge in [-0.2, -0.15) is 0 Å². The van der Waals surface area contributed by atoms with Gasteiger partial charge in [-0.15, -0.1) is 11.3 Å². The number of para-hydroxylation sites is 1. The van der Waals surface area contributed by atoms with Gasteiger partial charge in [-0.1, -0.05) is 42.0 Å². The molecule has 1 aromatic heterocycles. The largest absolute Gasteiger partial charge is 0.457 e. The first-order chi connectivity index (χ1) is 14.6. The highest BCUT2D eigenvalue weighted by atomic mass is 32.1. The van der Waals surface area contributed by atoms with Crippen molar-refractivity contribution in [2.75, 3.05) is 5.32 Å². The lowest BCUT2D eigenvalue weighted by atomic mass is 10.0. The first-order valence-electron chi connectivity index (χ1n) is 9.72. The summed E-state index contributed by atoms with van der Waals surface area (Å²) in [6.45, 7) is 4.08. The number of nitrogens with zero attached hydrogens (tertiary/aromatic N) is 1. The molecular formula is C25H22N2O2S. The van der Waals surface area contributed by atoms with Crippen molar-refractivity contribution in [2.24, 2.45) is 0 Å². The van der Waals surface area contributed by atoms with Crippen molar-refractivity contribution in [3.63, 3.8) is 0 Å². The van der Waals surface area contributed by atoms with Crippen LogP contribution >= 0.6 is 11.3 Å². The normalized spacial score (nSPS) is 10.6. The maximum atomic E-state index is 12.4. The van der Waals surface area contributed by atoms with E-state index in [4.69, 9.17) is 4.74 Å². The summed E-state index contributed by atoms with van der Waals surface area (Å²) in [5, 5.41) is 5.46. The number of thiazole rings is 1. The molecule has 0 spiro atoms. The molecule has 3 aromatic carbocycles. The minimum absolute atomic E-state index is 0.0607. The fourth-order valence-electron chi connectivity index (χ4n) is 3.16. The molecule has 0 aliphatic carbocycles. The lowest BCUT2D eigenvalue weighted by Gasteiger charge is -2.07. The number of rotatable bonds is 6. The van der Waals surface area contributed by atoms with Crippen LogP contribution in [0.4, 0.5) is 5.13 Å². The summed E-state index contributed by atoms with van der Waals surface area (Å²) in [5.41, 5.74) is 5.16. The maximum absolute atomic E-state index is 12.4. The van der Waals surface area contributed by atoms with E-state index in [2.05, 4.69) is 16.4 Å². The van der Waals surface area contributed by atoms with Gasteiger partial charge in [0.05, 0.1) is 12.1 Å². The molecule has 1 N–H and O–H groups in total. The molecule has 0 radical (unpaired) electrons. The van der Waals surface area contributed by atoms with E-state index in [0.717, 1.165) is 33.9 Å². The molecule has 0 atom stereocenters. The summed E-state index contributed by atoms with van der Waals surface area (Å²) < 4.78 is 5.83. The summed E-state index contributed by atoms with van der Waals surface area (Å²) in [6, 6.07) is 23.6. The summed E-state index contributed by atoms with van der Waals surface area (Å²) in [7, 11) is 0. The van der Waals surface area contributed by atoms with Gasteiger partial charge in [-0.3, -0.25) is 4.79 Å². The Kier molecular flexibility index (Phi) is 5.91. The zero-order valence-electron chi connectivity index (χ0n) is 16.9. The molecule has 0 fully saturated rings. The van der Waals surface area contributed by atoms with Crippen LogP contribution in [0.25, 0.3) is 11.3 Å². The molecule has 4 rings (SSSR count). The highest BCUT2D eigenvalue weighted by molar-refractivity contribution is 7.14. The predicted molar refractivity (Wildman–Crippen MR) is 122 cm³/mol. The molecule has 0 aliphatic heterocycles. The zero-order valence-corrected chi connectivity index (χ0v) is 17.7. The number of amides is 1. The Hall–Kier alpha value is -3.44. The van der Waals surface area contributed by atoms with E-state index in [1.54, 1.807) is 0 Å². The Bertz CT molecular complexity index is 1150. The molecular weight excluding hydrogens is 392 g/mol. The fourth-order valence-corrected chi connectivity index (χ4v) is 3.90. The van der Waals surface area contributed by atoms with Crippen LogP contribution in [0.2, 0.25) is 0 Å². The number of aromatic nitrogens is 1. The Balaban J connectivity index is 1.39. The smallest absolute Gasteiger partial charge is 0.230 e. The standard InChI is InChI=1S/C25H22N2O2S/c1-17-8-9-20(18(2)14-17)15-24(28)27-25-26-23(16-30-25)19-10-12-22(13-11-19)29-21-6-4-3-5-7-21/h3-14,16H,15H2,1-2H3,(H,26,27,28). The number of ether oxygens (including phenoxy) is 1. The van der Waals surface area contributed by atoms with E-state index < -0.39 is 0 Å². The topological polar surface area (TPSA) is 51.2 Å². The van der Waals surface area contributed by atoms with Crippen LogP contribution in [0.5, 0.6) is 11.5 Å². The second kappa shape index (κ2) is 8.93. The summed E-state index contributed by atoms with van der Waals surface area (Å²) in [5.74, 6) is 1.50. The van der Waals surface area contributed by atoms with Crippen molar-refractivity contribution in [1.29, 1.82) is 0 Å². The van der Waals surface area contributed by atoms with E-state index in [9.17, 15) is 4.79 Å². The van der Waals surface area contributed by atoms with E-state index in [0.29, 0.717) is 11.6 Å².